The topological polar surface area (TPSA) is 144 Å². The fourth-order valence-electron chi connectivity index (χ4n) is 5.18. The van der Waals surface area contributed by atoms with Gasteiger partial charge in [0, 0.05) is 29.3 Å². The van der Waals surface area contributed by atoms with Gasteiger partial charge in [-0.1, -0.05) is 65.3 Å². The summed E-state index contributed by atoms with van der Waals surface area (Å²) in [5.74, 6) is -5.87. The molecule has 0 spiro atoms. The molecule has 1 aliphatic rings. The van der Waals surface area contributed by atoms with E-state index in [4.69, 9.17) is 21.9 Å². The van der Waals surface area contributed by atoms with Crippen LogP contribution < -0.4 is 16.0 Å². The number of para-hydroxylation sites is 1. The van der Waals surface area contributed by atoms with E-state index in [-0.39, 0.29) is 17.1 Å². The van der Waals surface area contributed by atoms with Gasteiger partial charge < -0.3 is 15.6 Å². The summed E-state index contributed by atoms with van der Waals surface area (Å²) in [4.78, 5) is 51.1. The van der Waals surface area contributed by atoms with Crippen LogP contribution in [0.4, 0.5) is 24.7 Å². The third kappa shape index (κ3) is 6.88. The Labute approximate surface area is 260 Å². The summed E-state index contributed by atoms with van der Waals surface area (Å²) in [5, 5.41) is 6.63. The molecule has 10 nitrogen and oxygen atoms in total. The number of carbonyl (C=O) groups excluding carboxylic acids is 3. The summed E-state index contributed by atoms with van der Waals surface area (Å²) in [5.41, 5.74) is 7.68. The molecular formula is C31H26ClF3N6O4. The molecule has 2 aromatic carbocycles. The third-order valence-electron chi connectivity index (χ3n) is 7.29. The molecule has 0 aliphatic carbocycles. The lowest BCUT2D eigenvalue weighted by Crippen LogP contribution is -2.49. The van der Waals surface area contributed by atoms with Crippen molar-refractivity contribution in [2.24, 2.45) is 16.6 Å². The highest BCUT2D eigenvalue weighted by atomic mass is 35.5. The van der Waals surface area contributed by atoms with Crippen LogP contribution in [0.5, 0.6) is 0 Å². The van der Waals surface area contributed by atoms with Crippen molar-refractivity contribution in [2.45, 2.75) is 38.0 Å². The quantitative estimate of drug-likeness (QED) is 0.257. The normalized spacial score (nSPS) is 16.3. The number of nitrogens with one attached hydrogen (secondary N) is 1. The van der Waals surface area contributed by atoms with E-state index >= 15 is 0 Å². The second-order valence-corrected chi connectivity index (χ2v) is 10.7. The summed E-state index contributed by atoms with van der Waals surface area (Å²) in [7, 11) is 0. The molecule has 14 heteroatoms. The number of rotatable bonds is 9. The first-order valence-electron chi connectivity index (χ1n) is 13.7. The maximum atomic E-state index is 14.3. The first-order chi connectivity index (χ1) is 21.4. The number of alkyl halides is 3. The molecule has 3 heterocycles. The third-order valence-corrected chi connectivity index (χ3v) is 7.51. The number of hydrogen-bond donors (Lipinski definition) is 2. The minimum atomic E-state index is -4.62. The molecule has 0 radical (unpaired) electrons. The summed E-state index contributed by atoms with van der Waals surface area (Å²) < 4.78 is 44.7. The van der Waals surface area contributed by atoms with E-state index in [2.05, 4.69) is 20.4 Å². The van der Waals surface area contributed by atoms with Gasteiger partial charge in [-0.05, 0) is 31.5 Å². The Bertz CT molecular complexity index is 1740. The molecule has 4 aromatic rings. The van der Waals surface area contributed by atoms with Gasteiger partial charge in [0.05, 0.1) is 34.0 Å². The van der Waals surface area contributed by atoms with Crippen LogP contribution in [0.2, 0.25) is 5.02 Å². The average Bonchev–Trinajstić information content (AvgIpc) is 3.38. The lowest BCUT2D eigenvalue weighted by Gasteiger charge is -2.27. The van der Waals surface area contributed by atoms with Crippen LogP contribution in [-0.2, 0) is 14.4 Å². The number of aromatic nitrogens is 2. The number of aliphatic imine (C=N–C) groups is 1. The highest BCUT2D eigenvalue weighted by molar-refractivity contribution is 6.30. The van der Waals surface area contributed by atoms with Gasteiger partial charge in [0.25, 0.3) is 5.91 Å². The van der Waals surface area contributed by atoms with Gasteiger partial charge >= 0.3 is 6.18 Å². The standard InChI is InChI=1S/C31H26ClF3N6O4/c1-17-22(16-45-40-17)25(21(27(36)42)13-14-31(33,34)35)29(43)39-28-30(44)41(24-12-11-19(32)15-37-24)23-10-6-5-9-20(23)26(38-28)18-7-3-2-4-8-18/h2-12,15-16,21,25,28H,13-14H2,1H3,(H2,36,42)(H,39,43)/t21-,25-,28-/m1/s1. The lowest BCUT2D eigenvalue weighted by atomic mass is 9.82. The Morgan fingerprint density at radius 1 is 1.09 bits per heavy atom. The Kier molecular flexibility index (Phi) is 9.00. The molecule has 0 saturated heterocycles. The van der Waals surface area contributed by atoms with E-state index in [1.54, 1.807) is 60.7 Å². The number of benzodiazepines with no additional fused rings is 1. The van der Waals surface area contributed by atoms with Crippen molar-refractivity contribution in [3.63, 3.8) is 0 Å². The number of nitrogens with two attached hydrogens (primary N) is 1. The van der Waals surface area contributed by atoms with Crippen LogP contribution in [0, 0.1) is 12.8 Å². The van der Waals surface area contributed by atoms with Crippen LogP contribution >= 0.6 is 11.6 Å². The molecule has 1 aliphatic heterocycles. The molecule has 3 amide bonds. The van der Waals surface area contributed by atoms with Gasteiger partial charge in [-0.3, -0.25) is 19.3 Å². The molecule has 5 rings (SSSR count). The fourth-order valence-corrected chi connectivity index (χ4v) is 5.29. The first-order valence-corrected chi connectivity index (χ1v) is 14.1. The number of pyridine rings is 1. The van der Waals surface area contributed by atoms with Crippen LogP contribution in [0.3, 0.4) is 0 Å². The van der Waals surface area contributed by atoms with Crippen molar-refractivity contribution in [1.82, 2.24) is 15.5 Å². The van der Waals surface area contributed by atoms with Crippen molar-refractivity contribution in [3.05, 3.63) is 107 Å². The minimum Gasteiger partial charge on any atom is -0.369 e. The number of halogens is 4. The number of aryl methyl sites for hydroxylation is 1. The van der Waals surface area contributed by atoms with Gasteiger partial charge in [0.2, 0.25) is 18.0 Å². The predicted molar refractivity (Wildman–Crippen MR) is 159 cm³/mol. The van der Waals surface area contributed by atoms with E-state index in [0.29, 0.717) is 27.5 Å². The summed E-state index contributed by atoms with van der Waals surface area (Å²) in [6.45, 7) is 1.47. The van der Waals surface area contributed by atoms with Crippen LogP contribution in [-0.4, -0.2) is 45.9 Å². The number of nitrogens with zero attached hydrogens (tertiary/aromatic N) is 4. The Morgan fingerprint density at radius 2 is 1.80 bits per heavy atom. The summed E-state index contributed by atoms with van der Waals surface area (Å²) in [6, 6.07) is 18.9. The molecule has 0 fully saturated rings. The molecule has 0 bridgehead atoms. The molecule has 45 heavy (non-hydrogen) atoms. The predicted octanol–water partition coefficient (Wildman–Crippen LogP) is 5.22. The van der Waals surface area contributed by atoms with Crippen molar-refractivity contribution in [3.8, 4) is 0 Å². The number of benzene rings is 2. The number of anilines is 2. The van der Waals surface area contributed by atoms with Gasteiger partial charge in [-0.25, -0.2) is 9.98 Å². The van der Waals surface area contributed by atoms with E-state index < -0.39 is 54.7 Å². The highest BCUT2D eigenvalue weighted by Crippen LogP contribution is 2.36. The Balaban J connectivity index is 1.63. The number of primary amides is 1. The summed E-state index contributed by atoms with van der Waals surface area (Å²) >= 11 is 6.06. The van der Waals surface area contributed by atoms with Crippen LogP contribution in [0.1, 0.15) is 41.1 Å². The number of fused-ring (bicyclic) bond motifs is 1. The number of carbonyl (C=O) groups is 3. The molecule has 3 atom stereocenters. The zero-order valence-electron chi connectivity index (χ0n) is 23.7. The molecule has 0 saturated carbocycles. The van der Waals surface area contributed by atoms with E-state index in [1.807, 2.05) is 0 Å². The second kappa shape index (κ2) is 12.9. The molecule has 232 valence electrons. The van der Waals surface area contributed by atoms with Gasteiger partial charge in [0.1, 0.15) is 12.1 Å². The van der Waals surface area contributed by atoms with Crippen molar-refractivity contribution in [2.75, 3.05) is 4.90 Å². The number of hydrogen-bond acceptors (Lipinski definition) is 7. The highest BCUT2D eigenvalue weighted by Gasteiger charge is 2.42. The molecule has 0 unspecified atom stereocenters. The zero-order chi connectivity index (χ0) is 32.3. The average molecular weight is 639 g/mol. The molecule has 3 N–H and O–H groups in total. The minimum absolute atomic E-state index is 0.0475. The Hall–Kier alpha value is -5.04. The van der Waals surface area contributed by atoms with E-state index in [0.717, 1.165) is 6.26 Å². The molecule has 2 aromatic heterocycles. The molecular weight excluding hydrogens is 613 g/mol. The van der Waals surface area contributed by atoms with E-state index in [1.165, 1.54) is 24.1 Å². The van der Waals surface area contributed by atoms with Gasteiger partial charge in [-0.15, -0.1) is 0 Å². The van der Waals surface area contributed by atoms with Crippen molar-refractivity contribution >= 4 is 46.5 Å². The lowest BCUT2D eigenvalue weighted by molar-refractivity contribution is -0.143. The fraction of sp³-hybridized carbons (Fsp3) is 0.226. The van der Waals surface area contributed by atoms with E-state index in [9.17, 15) is 27.6 Å². The first kappa shape index (κ1) is 31.4. The maximum Gasteiger partial charge on any atom is 0.389 e. The number of amides is 3. The van der Waals surface area contributed by atoms with Crippen molar-refractivity contribution in [1.29, 1.82) is 0 Å². The second-order valence-electron chi connectivity index (χ2n) is 10.3. The van der Waals surface area contributed by atoms with Gasteiger partial charge in [0.15, 0.2) is 0 Å². The monoisotopic (exact) mass is 638 g/mol. The van der Waals surface area contributed by atoms with Crippen molar-refractivity contribution < 1.29 is 32.1 Å². The van der Waals surface area contributed by atoms with Gasteiger partial charge in [-0.2, -0.15) is 13.2 Å². The largest absolute Gasteiger partial charge is 0.389 e. The zero-order valence-corrected chi connectivity index (χ0v) is 24.4. The van der Waals surface area contributed by atoms with Crippen LogP contribution in [0.25, 0.3) is 0 Å². The SMILES string of the molecule is Cc1nocc1[C@H](C(=O)N[C@H]1N=C(c2ccccc2)c2ccccc2N(c2ccc(Cl)cn2)C1=O)[C@@H](CCC(F)(F)F)C(N)=O. The Morgan fingerprint density at radius 3 is 2.42 bits per heavy atom. The van der Waals surface area contributed by atoms with Crippen LogP contribution in [0.15, 0.2) is 88.7 Å². The summed E-state index contributed by atoms with van der Waals surface area (Å²) in [6.07, 6.45) is -5.98. The smallest absolute Gasteiger partial charge is 0.369 e. The maximum absolute atomic E-state index is 14.3.